The number of aromatic nitrogens is 3. The highest BCUT2D eigenvalue weighted by atomic mass is 16.3. The van der Waals surface area contributed by atoms with Gasteiger partial charge in [-0.3, -0.25) is 4.98 Å². The number of aryl methyl sites for hydroxylation is 2. The normalized spacial score (nSPS) is 12.6. The van der Waals surface area contributed by atoms with Crippen molar-refractivity contribution in [3.63, 3.8) is 0 Å². The highest BCUT2D eigenvalue weighted by molar-refractivity contribution is 5.79. The lowest BCUT2D eigenvalue weighted by Gasteiger charge is -2.16. The van der Waals surface area contributed by atoms with Crippen molar-refractivity contribution in [3.8, 4) is 5.69 Å². The summed E-state index contributed by atoms with van der Waals surface area (Å²) in [5.41, 5.74) is 4.99. The molecule has 1 aromatic carbocycles. The number of aliphatic hydroxyl groups excluding tert-OH is 1. The summed E-state index contributed by atoms with van der Waals surface area (Å²) in [5, 5.41) is 21.4. The summed E-state index contributed by atoms with van der Waals surface area (Å²) in [6, 6.07) is 13.8. The van der Waals surface area contributed by atoms with E-state index in [1.54, 1.807) is 24.5 Å². The topological polar surface area (TPSA) is 87.4 Å². The lowest BCUT2D eigenvalue weighted by molar-refractivity contribution is 0.180. The third kappa shape index (κ3) is 5.42. The summed E-state index contributed by atoms with van der Waals surface area (Å²) < 4.78 is 1.95. The van der Waals surface area contributed by atoms with Gasteiger partial charge >= 0.3 is 0 Å². The summed E-state index contributed by atoms with van der Waals surface area (Å²) in [4.78, 5) is 8.68. The van der Waals surface area contributed by atoms with Crippen LogP contribution in [0.3, 0.4) is 0 Å². The van der Waals surface area contributed by atoms with E-state index in [0.29, 0.717) is 19.0 Å². The van der Waals surface area contributed by atoms with E-state index in [4.69, 9.17) is 4.99 Å². The lowest BCUT2D eigenvalue weighted by Crippen LogP contribution is -2.39. The quantitative estimate of drug-likeness (QED) is 0.425. The molecule has 3 rings (SSSR count). The zero-order chi connectivity index (χ0) is 20.6. The molecule has 0 aliphatic heterocycles. The van der Waals surface area contributed by atoms with Crippen LogP contribution < -0.4 is 10.6 Å². The number of rotatable bonds is 7. The average Bonchev–Trinajstić information content (AvgIpc) is 3.08. The predicted octanol–water partition coefficient (Wildman–Crippen LogP) is 2.67. The van der Waals surface area contributed by atoms with Gasteiger partial charge in [-0.15, -0.1) is 0 Å². The van der Waals surface area contributed by atoms with E-state index in [2.05, 4.69) is 38.9 Å². The Hall–Kier alpha value is -3.19. The van der Waals surface area contributed by atoms with Gasteiger partial charge in [0.05, 0.1) is 24.0 Å². The minimum atomic E-state index is -0.635. The van der Waals surface area contributed by atoms with Gasteiger partial charge in [-0.2, -0.15) is 5.10 Å². The van der Waals surface area contributed by atoms with Crippen LogP contribution in [0.15, 0.2) is 59.9 Å². The first kappa shape index (κ1) is 20.5. The third-order valence-corrected chi connectivity index (χ3v) is 4.53. The Morgan fingerprint density at radius 1 is 1.14 bits per heavy atom. The molecule has 29 heavy (non-hydrogen) atoms. The van der Waals surface area contributed by atoms with E-state index in [-0.39, 0.29) is 0 Å². The molecule has 2 aromatic heterocycles. The van der Waals surface area contributed by atoms with Crippen LogP contribution >= 0.6 is 0 Å². The van der Waals surface area contributed by atoms with E-state index in [1.807, 2.05) is 37.6 Å². The Kier molecular flexibility index (Phi) is 6.97. The Balaban J connectivity index is 1.73. The highest BCUT2D eigenvalue weighted by Gasteiger charge is 2.10. The molecule has 7 nitrogen and oxygen atoms in total. The average molecular weight is 393 g/mol. The first-order valence-electron chi connectivity index (χ1n) is 9.80. The van der Waals surface area contributed by atoms with Gasteiger partial charge in [0.25, 0.3) is 0 Å². The number of aliphatic hydroxyl groups is 1. The number of benzene rings is 1. The number of para-hydroxylation sites is 1. The van der Waals surface area contributed by atoms with Gasteiger partial charge in [0.1, 0.15) is 0 Å². The van der Waals surface area contributed by atoms with Crippen molar-refractivity contribution >= 4 is 5.96 Å². The van der Waals surface area contributed by atoms with Gasteiger partial charge in [0, 0.05) is 31.2 Å². The zero-order valence-corrected chi connectivity index (χ0v) is 17.1. The monoisotopic (exact) mass is 392 g/mol. The van der Waals surface area contributed by atoms with Crippen LogP contribution in [0.25, 0.3) is 5.69 Å². The van der Waals surface area contributed by atoms with E-state index in [1.165, 1.54) is 0 Å². The Bertz CT molecular complexity index is 951. The minimum Gasteiger partial charge on any atom is -0.387 e. The van der Waals surface area contributed by atoms with Crippen molar-refractivity contribution in [2.24, 2.45) is 4.99 Å². The molecule has 0 aliphatic carbocycles. The van der Waals surface area contributed by atoms with Crippen molar-refractivity contribution < 1.29 is 5.11 Å². The van der Waals surface area contributed by atoms with Gasteiger partial charge in [-0.1, -0.05) is 18.2 Å². The number of guanidine groups is 1. The van der Waals surface area contributed by atoms with Crippen LogP contribution in [0, 0.1) is 13.8 Å². The van der Waals surface area contributed by atoms with E-state index >= 15 is 0 Å². The molecule has 7 heteroatoms. The number of nitrogens with zero attached hydrogens (tertiary/aromatic N) is 4. The molecule has 152 valence electrons. The molecule has 3 aromatic rings. The van der Waals surface area contributed by atoms with Crippen LogP contribution in [0.5, 0.6) is 0 Å². The van der Waals surface area contributed by atoms with Gasteiger partial charge < -0.3 is 15.7 Å². The smallest absolute Gasteiger partial charge is 0.191 e. The molecule has 3 N–H and O–H groups in total. The SMILES string of the molecule is CCNC(=NCc1ccccc1-n1nc(C)cc1C)NCC(O)c1ccncc1. The molecule has 0 aliphatic rings. The molecule has 0 radical (unpaired) electrons. The van der Waals surface area contributed by atoms with E-state index in [9.17, 15) is 5.11 Å². The molecule has 0 fully saturated rings. The maximum Gasteiger partial charge on any atom is 0.191 e. The van der Waals surface area contributed by atoms with Crippen LogP contribution in [0.1, 0.15) is 35.5 Å². The fraction of sp³-hybridized carbons (Fsp3) is 0.318. The summed E-state index contributed by atoms with van der Waals surface area (Å²) >= 11 is 0. The lowest BCUT2D eigenvalue weighted by atomic mass is 10.1. The van der Waals surface area contributed by atoms with E-state index < -0.39 is 6.10 Å². The van der Waals surface area contributed by atoms with Crippen LogP contribution in [0.2, 0.25) is 0 Å². The number of hydrogen-bond acceptors (Lipinski definition) is 4. The molecular formula is C22H28N6O. The fourth-order valence-corrected chi connectivity index (χ4v) is 3.13. The maximum absolute atomic E-state index is 10.4. The van der Waals surface area contributed by atoms with E-state index in [0.717, 1.165) is 34.7 Å². The van der Waals surface area contributed by atoms with Gasteiger partial charge in [-0.25, -0.2) is 9.67 Å². The predicted molar refractivity (Wildman–Crippen MR) is 115 cm³/mol. The Labute approximate surface area is 171 Å². The van der Waals surface area contributed by atoms with Crippen molar-refractivity contribution in [1.29, 1.82) is 0 Å². The second-order valence-electron chi connectivity index (χ2n) is 6.84. The van der Waals surface area contributed by atoms with Gasteiger partial charge in [0.15, 0.2) is 5.96 Å². The first-order chi connectivity index (χ1) is 14.1. The molecule has 0 amide bonds. The van der Waals surface area contributed by atoms with Gasteiger partial charge in [-0.05, 0) is 56.2 Å². The third-order valence-electron chi connectivity index (χ3n) is 4.53. The van der Waals surface area contributed by atoms with Crippen molar-refractivity contribution in [3.05, 3.63) is 77.4 Å². The fourth-order valence-electron chi connectivity index (χ4n) is 3.13. The number of hydrogen-bond donors (Lipinski definition) is 3. The summed E-state index contributed by atoms with van der Waals surface area (Å²) in [6.45, 7) is 7.64. The molecule has 0 saturated carbocycles. The molecule has 1 atom stereocenters. The Morgan fingerprint density at radius 2 is 1.90 bits per heavy atom. The highest BCUT2D eigenvalue weighted by Crippen LogP contribution is 2.18. The van der Waals surface area contributed by atoms with Crippen LogP contribution in [-0.2, 0) is 6.54 Å². The molecule has 0 bridgehead atoms. The Morgan fingerprint density at radius 3 is 2.59 bits per heavy atom. The second kappa shape index (κ2) is 9.84. The van der Waals surface area contributed by atoms with Crippen molar-refractivity contribution in [2.75, 3.05) is 13.1 Å². The zero-order valence-electron chi connectivity index (χ0n) is 17.1. The number of nitrogens with one attached hydrogen (secondary N) is 2. The number of aliphatic imine (C=N–C) groups is 1. The van der Waals surface area contributed by atoms with Crippen LogP contribution in [0.4, 0.5) is 0 Å². The molecule has 2 heterocycles. The molecular weight excluding hydrogens is 364 g/mol. The molecule has 0 spiro atoms. The molecule has 0 saturated heterocycles. The summed E-state index contributed by atoms with van der Waals surface area (Å²) in [7, 11) is 0. The van der Waals surface area contributed by atoms with Crippen molar-refractivity contribution in [2.45, 2.75) is 33.4 Å². The number of pyridine rings is 1. The van der Waals surface area contributed by atoms with Crippen molar-refractivity contribution in [1.82, 2.24) is 25.4 Å². The largest absolute Gasteiger partial charge is 0.387 e. The minimum absolute atomic E-state index is 0.356. The van der Waals surface area contributed by atoms with Crippen LogP contribution in [-0.4, -0.2) is 38.9 Å². The second-order valence-corrected chi connectivity index (χ2v) is 6.84. The van der Waals surface area contributed by atoms with Gasteiger partial charge in [0.2, 0.25) is 0 Å². The first-order valence-corrected chi connectivity index (χ1v) is 9.80. The standard InChI is InChI=1S/C22H28N6O/c1-4-24-22(26-15-21(29)18-9-11-23-12-10-18)25-14-19-7-5-6-8-20(19)28-17(3)13-16(2)27-28/h5-13,21,29H,4,14-15H2,1-3H3,(H2,24,25,26). The maximum atomic E-state index is 10.4. The molecule has 1 unspecified atom stereocenters. The summed E-state index contributed by atoms with van der Waals surface area (Å²) in [5.74, 6) is 0.656. The summed E-state index contributed by atoms with van der Waals surface area (Å²) in [6.07, 6.45) is 2.71.